The lowest BCUT2D eigenvalue weighted by atomic mass is 10.0. The summed E-state index contributed by atoms with van der Waals surface area (Å²) in [6.45, 7) is 4.76. The lowest BCUT2D eigenvalue weighted by molar-refractivity contribution is 0.0716. The van der Waals surface area contributed by atoms with E-state index < -0.39 is 0 Å². The van der Waals surface area contributed by atoms with Crippen LogP contribution < -0.4 is 5.32 Å². The van der Waals surface area contributed by atoms with Crippen LogP contribution in [0, 0.1) is 0 Å². The van der Waals surface area contributed by atoms with E-state index in [4.69, 9.17) is 0 Å². The molecule has 1 saturated heterocycles. The molecule has 19 heavy (non-hydrogen) atoms. The second-order valence-electron chi connectivity index (χ2n) is 5.26. The van der Waals surface area contributed by atoms with Crippen molar-refractivity contribution in [1.82, 2.24) is 19.8 Å². The standard InChI is InChI=1S/C14H24N4O/c1-3-9-18(11-12-6-4-5-7-15-12)14(19)13-16-8-10-17(13)2/h8,10,12,15H,3-7,9,11H2,1-2H3. The summed E-state index contributed by atoms with van der Waals surface area (Å²) in [6.07, 6.45) is 8.13. The van der Waals surface area contributed by atoms with E-state index in [1.54, 1.807) is 10.8 Å². The molecule has 5 heteroatoms. The van der Waals surface area contributed by atoms with Crippen LogP contribution in [0.2, 0.25) is 0 Å². The van der Waals surface area contributed by atoms with Crippen molar-refractivity contribution in [3.63, 3.8) is 0 Å². The van der Waals surface area contributed by atoms with Gasteiger partial charge in [0.05, 0.1) is 0 Å². The Hall–Kier alpha value is -1.36. The van der Waals surface area contributed by atoms with Gasteiger partial charge in [-0.2, -0.15) is 0 Å². The van der Waals surface area contributed by atoms with Gasteiger partial charge in [0, 0.05) is 38.6 Å². The fourth-order valence-electron chi connectivity index (χ4n) is 2.60. The fraction of sp³-hybridized carbons (Fsp3) is 0.714. The molecule has 5 nitrogen and oxygen atoms in total. The Kier molecular flexibility index (Phi) is 4.96. The molecule has 1 N–H and O–H groups in total. The lowest BCUT2D eigenvalue weighted by Gasteiger charge is -2.30. The average molecular weight is 264 g/mol. The molecule has 1 aromatic heterocycles. The van der Waals surface area contributed by atoms with E-state index in [9.17, 15) is 4.79 Å². The molecule has 1 amide bonds. The summed E-state index contributed by atoms with van der Waals surface area (Å²) in [6, 6.07) is 0.435. The van der Waals surface area contributed by atoms with E-state index in [2.05, 4.69) is 17.2 Å². The Morgan fingerprint density at radius 2 is 2.42 bits per heavy atom. The zero-order chi connectivity index (χ0) is 13.7. The number of aromatic nitrogens is 2. The molecular formula is C14H24N4O. The van der Waals surface area contributed by atoms with Gasteiger partial charge in [-0.05, 0) is 25.8 Å². The molecule has 1 atom stereocenters. The van der Waals surface area contributed by atoms with Crippen LogP contribution in [0.4, 0.5) is 0 Å². The molecule has 0 radical (unpaired) electrons. The summed E-state index contributed by atoms with van der Waals surface area (Å²) in [5.41, 5.74) is 0. The molecule has 1 aliphatic heterocycles. The van der Waals surface area contributed by atoms with Crippen LogP contribution in [0.25, 0.3) is 0 Å². The van der Waals surface area contributed by atoms with Crippen molar-refractivity contribution in [1.29, 1.82) is 0 Å². The van der Waals surface area contributed by atoms with Crippen molar-refractivity contribution < 1.29 is 4.79 Å². The molecule has 0 bridgehead atoms. The van der Waals surface area contributed by atoms with Gasteiger partial charge in [0.2, 0.25) is 0 Å². The number of piperidine rings is 1. The topological polar surface area (TPSA) is 50.2 Å². The lowest BCUT2D eigenvalue weighted by Crippen LogP contribution is -2.46. The quantitative estimate of drug-likeness (QED) is 0.875. The SMILES string of the molecule is CCCN(CC1CCCCN1)C(=O)c1nccn1C. The Balaban J connectivity index is 2.02. The van der Waals surface area contributed by atoms with Crippen molar-refractivity contribution in [3.05, 3.63) is 18.2 Å². The zero-order valence-corrected chi connectivity index (χ0v) is 11.9. The first-order valence-electron chi connectivity index (χ1n) is 7.22. The van der Waals surface area contributed by atoms with Crippen LogP contribution >= 0.6 is 0 Å². The van der Waals surface area contributed by atoms with Crippen LogP contribution in [0.3, 0.4) is 0 Å². The van der Waals surface area contributed by atoms with E-state index in [-0.39, 0.29) is 5.91 Å². The number of hydrogen-bond acceptors (Lipinski definition) is 3. The number of hydrogen-bond donors (Lipinski definition) is 1. The summed E-state index contributed by atoms with van der Waals surface area (Å²) in [7, 11) is 1.86. The highest BCUT2D eigenvalue weighted by Gasteiger charge is 2.23. The van der Waals surface area contributed by atoms with Gasteiger partial charge in [0.15, 0.2) is 5.82 Å². The van der Waals surface area contributed by atoms with E-state index >= 15 is 0 Å². The predicted molar refractivity (Wildman–Crippen MR) is 75.0 cm³/mol. The van der Waals surface area contributed by atoms with Crippen LogP contribution in [0.1, 0.15) is 43.2 Å². The maximum absolute atomic E-state index is 12.5. The molecule has 0 aliphatic carbocycles. The normalized spacial score (nSPS) is 19.4. The van der Waals surface area contributed by atoms with Crippen LogP contribution in [0.5, 0.6) is 0 Å². The number of aryl methyl sites for hydroxylation is 1. The highest BCUT2D eigenvalue weighted by molar-refractivity contribution is 5.90. The number of carbonyl (C=O) groups is 1. The monoisotopic (exact) mass is 264 g/mol. The van der Waals surface area contributed by atoms with Crippen LogP contribution in [-0.4, -0.2) is 46.0 Å². The molecule has 2 rings (SSSR count). The molecule has 1 aliphatic rings. The second-order valence-corrected chi connectivity index (χ2v) is 5.26. The summed E-state index contributed by atoms with van der Waals surface area (Å²) in [5.74, 6) is 0.575. The van der Waals surface area contributed by atoms with Crippen molar-refractivity contribution in [3.8, 4) is 0 Å². The third-order valence-electron chi connectivity index (χ3n) is 3.65. The molecule has 1 unspecified atom stereocenters. The molecular weight excluding hydrogens is 240 g/mol. The first-order chi connectivity index (χ1) is 9.22. The van der Waals surface area contributed by atoms with Gasteiger partial charge in [-0.25, -0.2) is 4.98 Å². The summed E-state index contributed by atoms with van der Waals surface area (Å²) >= 11 is 0. The number of carbonyl (C=O) groups excluding carboxylic acids is 1. The van der Waals surface area contributed by atoms with Gasteiger partial charge < -0.3 is 14.8 Å². The van der Waals surface area contributed by atoms with Gasteiger partial charge >= 0.3 is 0 Å². The Morgan fingerprint density at radius 1 is 1.58 bits per heavy atom. The summed E-state index contributed by atoms with van der Waals surface area (Å²) in [4.78, 5) is 18.6. The zero-order valence-electron chi connectivity index (χ0n) is 11.9. The Morgan fingerprint density at radius 3 is 3.00 bits per heavy atom. The highest BCUT2D eigenvalue weighted by atomic mass is 16.2. The van der Waals surface area contributed by atoms with Gasteiger partial charge in [0.1, 0.15) is 0 Å². The van der Waals surface area contributed by atoms with Crippen LogP contribution in [0.15, 0.2) is 12.4 Å². The molecule has 106 valence electrons. The molecule has 1 aromatic rings. The first kappa shape index (κ1) is 14.1. The third-order valence-corrected chi connectivity index (χ3v) is 3.65. The van der Waals surface area contributed by atoms with E-state index in [0.29, 0.717) is 11.9 Å². The average Bonchev–Trinajstić information content (AvgIpc) is 2.85. The molecule has 2 heterocycles. The maximum Gasteiger partial charge on any atom is 0.289 e. The molecule has 0 saturated carbocycles. The minimum atomic E-state index is 0.0433. The molecule has 0 aromatic carbocycles. The number of nitrogens with zero attached hydrogens (tertiary/aromatic N) is 3. The van der Waals surface area contributed by atoms with Crippen molar-refractivity contribution in [2.75, 3.05) is 19.6 Å². The summed E-state index contributed by atoms with van der Waals surface area (Å²) < 4.78 is 1.79. The smallest absolute Gasteiger partial charge is 0.289 e. The van der Waals surface area contributed by atoms with Crippen molar-refractivity contribution >= 4 is 5.91 Å². The summed E-state index contributed by atoms with van der Waals surface area (Å²) in [5, 5.41) is 3.50. The first-order valence-corrected chi connectivity index (χ1v) is 7.22. The predicted octanol–water partition coefficient (Wildman–Crippen LogP) is 1.41. The Bertz CT molecular complexity index is 409. The Labute approximate surface area is 115 Å². The van der Waals surface area contributed by atoms with Crippen molar-refractivity contribution in [2.24, 2.45) is 7.05 Å². The number of rotatable bonds is 5. The van der Waals surface area contributed by atoms with E-state index in [1.807, 2.05) is 18.1 Å². The number of imidazole rings is 1. The van der Waals surface area contributed by atoms with Gasteiger partial charge in [-0.3, -0.25) is 4.79 Å². The molecule has 0 spiro atoms. The maximum atomic E-state index is 12.5. The van der Waals surface area contributed by atoms with E-state index in [1.165, 1.54) is 12.8 Å². The van der Waals surface area contributed by atoms with Crippen molar-refractivity contribution in [2.45, 2.75) is 38.6 Å². The minimum absolute atomic E-state index is 0.0433. The van der Waals surface area contributed by atoms with Gasteiger partial charge in [-0.1, -0.05) is 13.3 Å². The number of nitrogens with one attached hydrogen (secondary N) is 1. The highest BCUT2D eigenvalue weighted by Crippen LogP contribution is 2.11. The third kappa shape index (κ3) is 3.56. The van der Waals surface area contributed by atoms with Gasteiger partial charge in [-0.15, -0.1) is 0 Å². The number of amides is 1. The minimum Gasteiger partial charge on any atom is -0.334 e. The molecule has 1 fully saturated rings. The van der Waals surface area contributed by atoms with Gasteiger partial charge in [0.25, 0.3) is 5.91 Å². The van der Waals surface area contributed by atoms with Crippen LogP contribution in [-0.2, 0) is 7.05 Å². The largest absolute Gasteiger partial charge is 0.334 e. The fourth-order valence-corrected chi connectivity index (χ4v) is 2.60. The van der Waals surface area contributed by atoms with E-state index in [0.717, 1.165) is 32.5 Å². The second kappa shape index (κ2) is 6.70.